The van der Waals surface area contributed by atoms with E-state index in [0.29, 0.717) is 0 Å². The number of hydrogen-bond acceptors (Lipinski definition) is 4. The van der Waals surface area contributed by atoms with Crippen LogP contribution in [0.5, 0.6) is 0 Å². The maximum Gasteiger partial charge on any atom is 0.150 e. The lowest BCUT2D eigenvalue weighted by Crippen LogP contribution is -2.46. The first-order valence-electron chi connectivity index (χ1n) is 7.76. The second kappa shape index (κ2) is 6.07. The van der Waals surface area contributed by atoms with Gasteiger partial charge in [-0.3, -0.25) is 4.90 Å². The summed E-state index contributed by atoms with van der Waals surface area (Å²) in [5.74, 6) is 1.17. The quantitative estimate of drug-likeness (QED) is 0.736. The molecule has 1 aromatic heterocycles. The number of nitrogens with zero attached hydrogens (tertiary/aromatic N) is 3. The topological polar surface area (TPSA) is 19.4 Å². The van der Waals surface area contributed by atoms with Gasteiger partial charge in [-0.1, -0.05) is 42.5 Å². The van der Waals surface area contributed by atoms with Gasteiger partial charge in [0.25, 0.3) is 0 Å². The molecule has 1 aliphatic rings. The maximum absolute atomic E-state index is 4.68. The Hall–Kier alpha value is -1.91. The number of fused-ring (bicyclic) bond motifs is 1. The molecule has 22 heavy (non-hydrogen) atoms. The van der Waals surface area contributed by atoms with Crippen molar-refractivity contribution in [3.05, 3.63) is 60.2 Å². The highest BCUT2D eigenvalue weighted by Gasteiger charge is 2.20. The van der Waals surface area contributed by atoms with E-state index in [0.717, 1.165) is 32.7 Å². The number of benzene rings is 2. The number of anilines is 1. The van der Waals surface area contributed by atoms with Gasteiger partial charge >= 0.3 is 0 Å². The zero-order valence-corrected chi connectivity index (χ0v) is 13.3. The third kappa shape index (κ3) is 2.72. The Balaban J connectivity index is 1.43. The zero-order valence-electron chi connectivity index (χ0n) is 12.5. The van der Waals surface area contributed by atoms with E-state index in [1.807, 2.05) is 0 Å². The number of rotatable bonds is 3. The fourth-order valence-corrected chi connectivity index (χ4v) is 3.86. The van der Waals surface area contributed by atoms with Crippen molar-refractivity contribution in [2.75, 3.05) is 31.1 Å². The van der Waals surface area contributed by atoms with E-state index < -0.39 is 0 Å². The third-order valence-corrected chi connectivity index (χ3v) is 5.10. The molecule has 0 aliphatic carbocycles. The summed E-state index contributed by atoms with van der Waals surface area (Å²) in [6.45, 7) is 5.36. The summed E-state index contributed by atoms with van der Waals surface area (Å²) in [4.78, 5) is 4.96. The first-order valence-corrected chi connectivity index (χ1v) is 8.53. The van der Waals surface area contributed by atoms with Crippen molar-refractivity contribution in [2.24, 2.45) is 0 Å². The Kier molecular flexibility index (Phi) is 3.79. The third-order valence-electron chi connectivity index (χ3n) is 4.28. The van der Waals surface area contributed by atoms with Crippen LogP contribution in [0.2, 0.25) is 0 Å². The average Bonchev–Trinajstić information content (AvgIpc) is 3.01. The van der Waals surface area contributed by atoms with Crippen molar-refractivity contribution < 1.29 is 0 Å². The molecule has 0 saturated carbocycles. The van der Waals surface area contributed by atoms with Gasteiger partial charge in [0.2, 0.25) is 0 Å². The van der Waals surface area contributed by atoms with Gasteiger partial charge in [-0.15, -0.1) is 0 Å². The van der Waals surface area contributed by atoms with Crippen LogP contribution in [0.3, 0.4) is 0 Å². The van der Waals surface area contributed by atoms with Crippen molar-refractivity contribution in [3.63, 3.8) is 0 Å². The molecule has 0 atom stereocenters. The van der Waals surface area contributed by atoms with Crippen molar-refractivity contribution in [3.8, 4) is 0 Å². The molecule has 2 heterocycles. The molecule has 0 amide bonds. The summed E-state index contributed by atoms with van der Waals surface area (Å²) in [6, 6.07) is 19.3. The zero-order chi connectivity index (χ0) is 14.8. The number of piperazine rings is 1. The smallest absolute Gasteiger partial charge is 0.150 e. The van der Waals surface area contributed by atoms with Crippen LogP contribution in [0, 0.1) is 0 Å². The summed E-state index contributed by atoms with van der Waals surface area (Å²) in [5, 5.41) is 1.30. The minimum Gasteiger partial charge on any atom is -0.353 e. The molecule has 3 nitrogen and oxygen atoms in total. The Bertz CT molecular complexity index is 745. The lowest BCUT2D eigenvalue weighted by molar-refractivity contribution is 0.249. The summed E-state index contributed by atoms with van der Waals surface area (Å²) in [7, 11) is 0. The summed E-state index contributed by atoms with van der Waals surface area (Å²) < 4.78 is 5.96. The van der Waals surface area contributed by atoms with Gasteiger partial charge in [0.1, 0.15) is 5.82 Å². The Labute approximate surface area is 135 Å². The fourth-order valence-electron chi connectivity index (χ4n) is 3.06. The monoisotopic (exact) mass is 309 g/mol. The predicted octanol–water partition coefficient (Wildman–Crippen LogP) is 3.62. The maximum atomic E-state index is 4.68. The second-order valence-electron chi connectivity index (χ2n) is 5.75. The van der Waals surface area contributed by atoms with E-state index in [4.69, 9.17) is 0 Å². The molecule has 4 rings (SSSR count). The van der Waals surface area contributed by atoms with Gasteiger partial charge in [-0.25, -0.2) is 0 Å². The molecule has 0 radical (unpaired) electrons. The highest BCUT2D eigenvalue weighted by Crippen LogP contribution is 2.29. The van der Waals surface area contributed by atoms with E-state index in [2.05, 4.69) is 68.8 Å². The molecular formula is C18H19N3S. The van der Waals surface area contributed by atoms with Gasteiger partial charge in [-0.2, -0.15) is 4.37 Å². The van der Waals surface area contributed by atoms with Crippen LogP contribution in [-0.4, -0.2) is 35.5 Å². The van der Waals surface area contributed by atoms with Crippen LogP contribution in [0.1, 0.15) is 5.56 Å². The van der Waals surface area contributed by atoms with E-state index in [9.17, 15) is 0 Å². The van der Waals surface area contributed by atoms with E-state index in [-0.39, 0.29) is 0 Å². The largest absolute Gasteiger partial charge is 0.353 e. The fraction of sp³-hybridized carbons (Fsp3) is 0.278. The Morgan fingerprint density at radius 3 is 2.41 bits per heavy atom. The van der Waals surface area contributed by atoms with Gasteiger partial charge in [0, 0.05) is 38.1 Å². The summed E-state index contributed by atoms with van der Waals surface area (Å²) in [6.07, 6.45) is 0. The van der Waals surface area contributed by atoms with Crippen LogP contribution in [0.25, 0.3) is 10.1 Å². The Morgan fingerprint density at radius 1 is 0.864 bits per heavy atom. The molecule has 0 N–H and O–H groups in total. The number of aromatic nitrogens is 1. The number of hydrogen-bond donors (Lipinski definition) is 0. The van der Waals surface area contributed by atoms with Gasteiger partial charge in [-0.05, 0) is 29.2 Å². The lowest BCUT2D eigenvalue weighted by atomic mass is 10.2. The molecule has 112 valence electrons. The van der Waals surface area contributed by atoms with Gasteiger partial charge in [0.15, 0.2) is 0 Å². The van der Waals surface area contributed by atoms with E-state index >= 15 is 0 Å². The van der Waals surface area contributed by atoms with Gasteiger partial charge in [0.05, 0.1) is 4.70 Å². The first-order chi connectivity index (χ1) is 10.9. The predicted molar refractivity (Wildman–Crippen MR) is 93.6 cm³/mol. The molecule has 0 spiro atoms. The van der Waals surface area contributed by atoms with Crippen LogP contribution in [0.4, 0.5) is 5.82 Å². The Morgan fingerprint density at radius 2 is 1.59 bits per heavy atom. The minimum absolute atomic E-state index is 1.05. The molecule has 0 bridgehead atoms. The van der Waals surface area contributed by atoms with Crippen molar-refractivity contribution >= 4 is 27.4 Å². The van der Waals surface area contributed by atoms with E-state index in [1.165, 1.54) is 21.5 Å². The van der Waals surface area contributed by atoms with Crippen LogP contribution < -0.4 is 4.90 Å². The SMILES string of the molecule is c1ccc(CN2CCN(c3nsc4ccccc34)CC2)cc1. The van der Waals surface area contributed by atoms with Crippen molar-refractivity contribution in [2.45, 2.75) is 6.54 Å². The molecule has 2 aromatic carbocycles. The van der Waals surface area contributed by atoms with Gasteiger partial charge < -0.3 is 4.90 Å². The molecule has 4 heteroatoms. The van der Waals surface area contributed by atoms with Crippen LogP contribution in [-0.2, 0) is 6.54 Å². The first kappa shape index (κ1) is 13.7. The molecule has 1 aliphatic heterocycles. The van der Waals surface area contributed by atoms with Crippen molar-refractivity contribution in [1.29, 1.82) is 0 Å². The van der Waals surface area contributed by atoms with E-state index in [1.54, 1.807) is 11.5 Å². The standard InChI is InChI=1S/C18H19N3S/c1-2-6-15(7-3-1)14-20-10-12-21(13-11-20)18-16-8-4-5-9-17(16)22-19-18/h1-9H,10-14H2. The molecular weight excluding hydrogens is 290 g/mol. The molecule has 0 unspecified atom stereocenters. The molecule has 1 saturated heterocycles. The molecule has 1 fully saturated rings. The second-order valence-corrected chi connectivity index (χ2v) is 6.56. The van der Waals surface area contributed by atoms with Crippen molar-refractivity contribution in [1.82, 2.24) is 9.27 Å². The minimum atomic E-state index is 1.05. The summed E-state index contributed by atoms with van der Waals surface area (Å²) >= 11 is 1.61. The van der Waals surface area contributed by atoms with Crippen LogP contribution >= 0.6 is 11.5 Å². The highest BCUT2D eigenvalue weighted by molar-refractivity contribution is 7.13. The summed E-state index contributed by atoms with van der Waals surface area (Å²) in [5.41, 5.74) is 1.40. The highest BCUT2D eigenvalue weighted by atomic mass is 32.1. The normalized spacial score (nSPS) is 16.3. The van der Waals surface area contributed by atoms with Crippen LogP contribution in [0.15, 0.2) is 54.6 Å². The lowest BCUT2D eigenvalue weighted by Gasteiger charge is -2.35. The molecule has 3 aromatic rings. The average molecular weight is 309 g/mol.